The predicted octanol–water partition coefficient (Wildman–Crippen LogP) is 2.98. The number of nitrogens with two attached hydrogens (primary N) is 1. The highest BCUT2D eigenvalue weighted by Crippen LogP contribution is 2.29. The molecular formula is C18H37NO5. The Bertz CT molecular complexity index is 327. The fourth-order valence-corrected chi connectivity index (χ4v) is 2.91. The van der Waals surface area contributed by atoms with Crippen LogP contribution in [0.4, 0.5) is 0 Å². The second kappa shape index (κ2) is 12.6. The number of aliphatic carboxylic acids is 1. The van der Waals surface area contributed by atoms with Crippen molar-refractivity contribution < 1.29 is 24.1 Å². The summed E-state index contributed by atoms with van der Waals surface area (Å²) >= 11 is 0. The molecule has 0 aromatic heterocycles. The summed E-state index contributed by atoms with van der Waals surface area (Å²) < 4.78 is 17.4. The van der Waals surface area contributed by atoms with Gasteiger partial charge in [0.25, 0.3) is 0 Å². The van der Waals surface area contributed by atoms with Gasteiger partial charge in [0.05, 0.1) is 31.0 Å². The lowest BCUT2D eigenvalue weighted by atomic mass is 9.91. The molecule has 0 saturated heterocycles. The van der Waals surface area contributed by atoms with Crippen LogP contribution in [0, 0.1) is 0 Å². The third kappa shape index (κ3) is 8.42. The highest BCUT2D eigenvalue weighted by Gasteiger charge is 2.31. The van der Waals surface area contributed by atoms with Crippen LogP contribution in [0.3, 0.4) is 0 Å². The zero-order valence-electron chi connectivity index (χ0n) is 15.9. The molecule has 0 aliphatic heterocycles. The maximum Gasteiger partial charge on any atom is 0.329 e. The first kappa shape index (κ1) is 23.3. The van der Waals surface area contributed by atoms with Gasteiger partial charge in [-0.1, -0.05) is 27.7 Å². The van der Waals surface area contributed by atoms with E-state index in [0.29, 0.717) is 32.8 Å². The average Bonchev–Trinajstić information content (AvgIpc) is 2.60. The predicted molar refractivity (Wildman–Crippen MR) is 95.3 cm³/mol. The molecule has 0 atom stereocenters. The lowest BCUT2D eigenvalue weighted by Crippen LogP contribution is -2.38. The molecule has 3 N–H and O–H groups in total. The third-order valence-electron chi connectivity index (χ3n) is 5.00. The number of hydrogen-bond acceptors (Lipinski definition) is 5. The van der Waals surface area contributed by atoms with Crippen molar-refractivity contribution in [2.75, 3.05) is 33.0 Å². The van der Waals surface area contributed by atoms with Crippen LogP contribution in [0.2, 0.25) is 0 Å². The molecule has 144 valence electrons. The molecule has 0 amide bonds. The van der Waals surface area contributed by atoms with Gasteiger partial charge in [-0.15, -0.1) is 0 Å². The Balaban J connectivity index is 4.51. The quantitative estimate of drug-likeness (QED) is 0.417. The normalized spacial score (nSPS) is 12.5. The van der Waals surface area contributed by atoms with Crippen molar-refractivity contribution in [3.63, 3.8) is 0 Å². The number of carboxylic acids is 1. The summed E-state index contributed by atoms with van der Waals surface area (Å²) in [4.78, 5) is 10.5. The first-order valence-corrected chi connectivity index (χ1v) is 9.20. The monoisotopic (exact) mass is 347 g/mol. The van der Waals surface area contributed by atoms with E-state index < -0.39 is 5.97 Å². The Labute approximate surface area is 147 Å². The van der Waals surface area contributed by atoms with Gasteiger partial charge < -0.3 is 25.1 Å². The van der Waals surface area contributed by atoms with E-state index in [1.165, 1.54) is 0 Å². The topological polar surface area (TPSA) is 91.0 Å². The molecule has 24 heavy (non-hydrogen) atoms. The Hall–Kier alpha value is -0.690. The van der Waals surface area contributed by atoms with Gasteiger partial charge in [-0.05, 0) is 38.5 Å². The molecule has 0 aliphatic rings. The van der Waals surface area contributed by atoms with Gasteiger partial charge in [0, 0.05) is 6.54 Å². The molecule has 0 aromatic rings. The van der Waals surface area contributed by atoms with Crippen LogP contribution in [0.25, 0.3) is 0 Å². The Morgan fingerprint density at radius 2 is 1.33 bits per heavy atom. The fourth-order valence-electron chi connectivity index (χ4n) is 2.91. The number of ether oxygens (including phenoxy) is 3. The molecule has 0 aliphatic carbocycles. The number of rotatable bonds is 16. The fraction of sp³-hybridized carbons (Fsp3) is 0.944. The summed E-state index contributed by atoms with van der Waals surface area (Å²) in [5, 5.41) is 8.63. The van der Waals surface area contributed by atoms with Crippen molar-refractivity contribution in [3.8, 4) is 0 Å². The van der Waals surface area contributed by atoms with Gasteiger partial charge in [-0.2, -0.15) is 0 Å². The lowest BCUT2D eigenvalue weighted by Gasteiger charge is -2.36. The van der Waals surface area contributed by atoms with Gasteiger partial charge in [0.2, 0.25) is 0 Å². The zero-order valence-corrected chi connectivity index (χ0v) is 15.9. The Morgan fingerprint density at radius 3 is 1.75 bits per heavy atom. The number of hydrogen-bond donors (Lipinski definition) is 2. The molecule has 0 unspecified atom stereocenters. The van der Waals surface area contributed by atoms with E-state index in [9.17, 15) is 4.79 Å². The van der Waals surface area contributed by atoms with E-state index in [2.05, 4.69) is 27.7 Å². The summed E-state index contributed by atoms with van der Waals surface area (Å²) in [6, 6.07) is 0. The molecule has 0 heterocycles. The number of carboxylic acid groups (broad SMARTS) is 1. The Kier molecular flexibility index (Phi) is 12.3. The minimum Gasteiger partial charge on any atom is -0.480 e. The van der Waals surface area contributed by atoms with E-state index in [4.69, 9.17) is 25.1 Å². The number of carbonyl (C=O) groups is 1. The van der Waals surface area contributed by atoms with Gasteiger partial charge in [0.15, 0.2) is 0 Å². The summed E-state index contributed by atoms with van der Waals surface area (Å²) in [5.74, 6) is -0.942. The van der Waals surface area contributed by atoms with Crippen LogP contribution in [-0.2, 0) is 19.0 Å². The van der Waals surface area contributed by atoms with Crippen molar-refractivity contribution in [1.82, 2.24) is 0 Å². The van der Waals surface area contributed by atoms with Crippen LogP contribution >= 0.6 is 0 Å². The molecule has 0 aromatic carbocycles. The molecule has 0 rings (SSSR count). The maximum atomic E-state index is 10.5. The Morgan fingerprint density at radius 1 is 0.875 bits per heavy atom. The van der Waals surface area contributed by atoms with Crippen LogP contribution in [-0.4, -0.2) is 55.3 Å². The maximum absolute atomic E-state index is 10.5. The second-order valence-electron chi connectivity index (χ2n) is 6.21. The van der Waals surface area contributed by atoms with Crippen LogP contribution in [0.15, 0.2) is 0 Å². The molecule has 0 bridgehead atoms. The van der Waals surface area contributed by atoms with Crippen LogP contribution in [0.5, 0.6) is 0 Å². The van der Waals surface area contributed by atoms with Crippen molar-refractivity contribution in [2.24, 2.45) is 5.73 Å². The highest BCUT2D eigenvalue weighted by molar-refractivity contribution is 5.67. The smallest absolute Gasteiger partial charge is 0.329 e. The molecular weight excluding hydrogens is 310 g/mol. The van der Waals surface area contributed by atoms with Crippen molar-refractivity contribution in [1.29, 1.82) is 0 Å². The first-order valence-electron chi connectivity index (χ1n) is 9.20. The molecule has 0 saturated carbocycles. The van der Waals surface area contributed by atoms with E-state index in [1.54, 1.807) is 0 Å². The summed E-state index contributed by atoms with van der Waals surface area (Å²) in [6.45, 7) is 10.3. The van der Waals surface area contributed by atoms with Crippen molar-refractivity contribution in [3.05, 3.63) is 0 Å². The molecule has 6 heteroatoms. The zero-order chi connectivity index (χ0) is 18.5. The van der Waals surface area contributed by atoms with E-state index in [1.807, 2.05) is 0 Å². The van der Waals surface area contributed by atoms with E-state index >= 15 is 0 Å². The minimum atomic E-state index is -0.942. The first-order chi connectivity index (χ1) is 11.4. The van der Waals surface area contributed by atoms with Crippen molar-refractivity contribution >= 4 is 5.97 Å². The van der Waals surface area contributed by atoms with Crippen molar-refractivity contribution in [2.45, 2.75) is 77.4 Å². The summed E-state index contributed by atoms with van der Waals surface area (Å²) in [6.07, 6.45) is 5.13. The highest BCUT2D eigenvalue weighted by atomic mass is 16.5. The molecule has 0 spiro atoms. The lowest BCUT2D eigenvalue weighted by molar-refractivity contribution is -0.144. The minimum absolute atomic E-state index is 0.174. The van der Waals surface area contributed by atoms with Crippen LogP contribution < -0.4 is 5.73 Å². The largest absolute Gasteiger partial charge is 0.480 e. The van der Waals surface area contributed by atoms with Crippen LogP contribution in [0.1, 0.15) is 66.2 Å². The molecule has 6 nitrogen and oxygen atoms in total. The summed E-state index contributed by atoms with van der Waals surface area (Å²) in [5.41, 5.74) is 5.12. The van der Waals surface area contributed by atoms with Gasteiger partial charge in [-0.25, -0.2) is 4.79 Å². The van der Waals surface area contributed by atoms with E-state index in [-0.39, 0.29) is 17.8 Å². The molecule has 0 radical (unpaired) electrons. The summed E-state index contributed by atoms with van der Waals surface area (Å²) in [7, 11) is 0. The SMILES string of the molecule is CCC(CC)(CCOCC(=O)O)OCCC(CC)(CC)OCCN. The molecule has 0 fully saturated rings. The van der Waals surface area contributed by atoms with Gasteiger partial charge >= 0.3 is 5.97 Å². The third-order valence-corrected chi connectivity index (χ3v) is 5.00. The van der Waals surface area contributed by atoms with E-state index in [0.717, 1.165) is 32.1 Å². The van der Waals surface area contributed by atoms with Gasteiger partial charge in [-0.3, -0.25) is 0 Å². The average molecular weight is 347 g/mol. The second-order valence-corrected chi connectivity index (χ2v) is 6.21. The van der Waals surface area contributed by atoms with Gasteiger partial charge in [0.1, 0.15) is 6.61 Å². The standard InChI is InChI=1S/C18H37NO5/c1-5-17(6-2,9-12-22-15-16(20)21)23-13-10-18(7-3,8-4)24-14-11-19/h5-15,19H2,1-4H3,(H,20,21).